The molecule has 3 aromatic rings. The van der Waals surface area contributed by atoms with Crippen LogP contribution in [0.2, 0.25) is 0 Å². The van der Waals surface area contributed by atoms with Crippen molar-refractivity contribution in [1.29, 1.82) is 0 Å². The second kappa shape index (κ2) is 11.2. The fourth-order valence-electron chi connectivity index (χ4n) is 4.01. The third-order valence-corrected chi connectivity index (χ3v) is 6.67. The topological polar surface area (TPSA) is 71.4 Å². The first-order valence-electron chi connectivity index (χ1n) is 11.1. The Balaban J connectivity index is 1.64. The Kier molecular flexibility index (Phi) is 7.89. The first-order valence-corrected chi connectivity index (χ1v) is 12.0. The van der Waals surface area contributed by atoms with E-state index in [9.17, 15) is 14.0 Å². The van der Waals surface area contributed by atoms with E-state index in [4.69, 9.17) is 9.47 Å². The van der Waals surface area contributed by atoms with Gasteiger partial charge in [-0.25, -0.2) is 9.40 Å². The van der Waals surface area contributed by atoms with Crippen molar-refractivity contribution >= 4 is 28.9 Å². The van der Waals surface area contributed by atoms with Crippen LogP contribution >= 0.6 is 11.3 Å². The number of thiophene rings is 1. The quantitative estimate of drug-likeness (QED) is 0.442. The van der Waals surface area contributed by atoms with Crippen LogP contribution in [0.1, 0.15) is 33.3 Å². The summed E-state index contributed by atoms with van der Waals surface area (Å²) in [6.07, 6.45) is 0.506. The molecular weight excluding hydrogens is 469 g/mol. The van der Waals surface area contributed by atoms with Gasteiger partial charge in [0, 0.05) is 25.6 Å². The monoisotopic (exact) mass is 495 g/mol. The summed E-state index contributed by atoms with van der Waals surface area (Å²) in [5.74, 6) is -0.952. The lowest BCUT2D eigenvalue weighted by Gasteiger charge is -2.27. The van der Waals surface area contributed by atoms with Gasteiger partial charge in [-0.2, -0.15) is 5.10 Å². The molecule has 4 rings (SSSR count). The van der Waals surface area contributed by atoms with Crippen molar-refractivity contribution < 1.29 is 23.5 Å². The molecule has 2 amide bonds. The van der Waals surface area contributed by atoms with Gasteiger partial charge >= 0.3 is 0 Å². The van der Waals surface area contributed by atoms with Crippen LogP contribution in [0.3, 0.4) is 0 Å². The van der Waals surface area contributed by atoms with Gasteiger partial charge in [-0.05, 0) is 29.6 Å². The molecule has 0 spiro atoms. The minimum Gasteiger partial charge on any atom is -0.496 e. The fourth-order valence-corrected chi connectivity index (χ4v) is 4.73. The summed E-state index contributed by atoms with van der Waals surface area (Å²) in [5, 5.41) is 8.03. The molecule has 2 heterocycles. The predicted octanol–water partition coefficient (Wildman–Crippen LogP) is 4.36. The zero-order chi connectivity index (χ0) is 24.8. The first-order chi connectivity index (χ1) is 17.0. The minimum atomic E-state index is -0.640. The molecule has 1 aliphatic heterocycles. The van der Waals surface area contributed by atoms with Gasteiger partial charge in [-0.1, -0.05) is 36.4 Å². The van der Waals surface area contributed by atoms with E-state index in [0.717, 1.165) is 16.2 Å². The number of hydrogen-bond acceptors (Lipinski definition) is 6. The highest BCUT2D eigenvalue weighted by Gasteiger charge is 2.36. The largest absolute Gasteiger partial charge is 0.496 e. The number of methoxy groups -OCH3 is 2. The maximum absolute atomic E-state index is 14.3. The summed E-state index contributed by atoms with van der Waals surface area (Å²) in [5.41, 5.74) is 1.51. The number of rotatable bonds is 9. The average Bonchev–Trinajstić information content (AvgIpc) is 3.57. The number of ether oxygens (including phenoxy) is 2. The maximum atomic E-state index is 14.3. The second-order valence-electron chi connectivity index (χ2n) is 7.92. The van der Waals surface area contributed by atoms with Crippen LogP contribution in [0.15, 0.2) is 71.1 Å². The number of carbonyl (C=O) groups excluding carboxylic acids is 2. The smallest absolute Gasteiger partial charge is 0.262 e. The molecule has 9 heteroatoms. The third-order valence-electron chi connectivity index (χ3n) is 5.75. The number of para-hydroxylation sites is 1. The molecular formula is C26H26FN3O4S. The van der Waals surface area contributed by atoms with E-state index >= 15 is 0 Å². The van der Waals surface area contributed by atoms with Crippen molar-refractivity contribution in [2.75, 3.05) is 33.9 Å². The lowest BCUT2D eigenvalue weighted by Crippen LogP contribution is -2.43. The van der Waals surface area contributed by atoms with E-state index in [1.807, 2.05) is 41.8 Å². The zero-order valence-corrected chi connectivity index (χ0v) is 20.3. The van der Waals surface area contributed by atoms with Crippen LogP contribution in [-0.2, 0) is 9.53 Å². The fraction of sp³-hybridized carbons (Fsp3) is 0.269. The molecule has 1 aromatic heterocycles. The van der Waals surface area contributed by atoms with Crippen molar-refractivity contribution in [3.8, 4) is 5.75 Å². The molecule has 0 aliphatic carbocycles. The lowest BCUT2D eigenvalue weighted by molar-refractivity contribution is -0.133. The molecule has 0 radical (unpaired) electrons. The van der Waals surface area contributed by atoms with Gasteiger partial charge in [0.05, 0.1) is 35.9 Å². The molecule has 0 fully saturated rings. The van der Waals surface area contributed by atoms with E-state index in [-0.39, 0.29) is 31.2 Å². The number of carbonyl (C=O) groups is 2. The van der Waals surface area contributed by atoms with Gasteiger partial charge in [0.2, 0.25) is 0 Å². The number of hydrazone groups is 1. The van der Waals surface area contributed by atoms with Gasteiger partial charge in [0.25, 0.3) is 11.8 Å². The Hall–Kier alpha value is -3.56. The minimum absolute atomic E-state index is 0.0955. The standard InChI is InChI=1S/C26H26FN3O4S/c1-33-14-13-29(26(32)18-8-3-5-10-20(18)27)17-25(31)30-22(19-9-4-6-11-23(19)34-2)16-21(28-30)24-12-7-15-35-24/h3-12,15,22H,13-14,16-17H2,1-2H3/t22-/m0/s1. The molecule has 0 unspecified atom stereocenters. The normalized spacial score (nSPS) is 15.1. The zero-order valence-electron chi connectivity index (χ0n) is 19.5. The first kappa shape index (κ1) is 24.6. The molecule has 35 heavy (non-hydrogen) atoms. The summed E-state index contributed by atoms with van der Waals surface area (Å²) in [6, 6.07) is 16.7. The molecule has 2 aromatic carbocycles. The average molecular weight is 496 g/mol. The molecule has 0 saturated carbocycles. The lowest BCUT2D eigenvalue weighted by atomic mass is 10.00. The number of hydrogen-bond donors (Lipinski definition) is 0. The Morgan fingerprint density at radius 3 is 2.60 bits per heavy atom. The van der Waals surface area contributed by atoms with Crippen molar-refractivity contribution in [3.63, 3.8) is 0 Å². The van der Waals surface area contributed by atoms with Crippen LogP contribution < -0.4 is 4.74 Å². The van der Waals surface area contributed by atoms with Crippen molar-refractivity contribution in [2.24, 2.45) is 5.10 Å². The van der Waals surface area contributed by atoms with Crippen LogP contribution in [0.25, 0.3) is 0 Å². The van der Waals surface area contributed by atoms with Gasteiger partial charge < -0.3 is 14.4 Å². The molecule has 0 bridgehead atoms. The van der Waals surface area contributed by atoms with Crippen LogP contribution in [0, 0.1) is 5.82 Å². The number of amides is 2. The van der Waals surface area contributed by atoms with E-state index in [1.54, 1.807) is 24.5 Å². The Labute approximate surface area is 207 Å². The van der Waals surface area contributed by atoms with Gasteiger partial charge in [0.15, 0.2) is 0 Å². The van der Waals surface area contributed by atoms with E-state index < -0.39 is 17.8 Å². The van der Waals surface area contributed by atoms with Crippen LogP contribution in [0.5, 0.6) is 5.75 Å². The molecule has 1 atom stereocenters. The summed E-state index contributed by atoms with van der Waals surface area (Å²) in [4.78, 5) is 29.0. The highest BCUT2D eigenvalue weighted by Crippen LogP contribution is 2.38. The molecule has 1 aliphatic rings. The van der Waals surface area contributed by atoms with Crippen LogP contribution in [-0.4, -0.2) is 61.4 Å². The van der Waals surface area contributed by atoms with Gasteiger partial charge in [-0.15, -0.1) is 11.3 Å². The van der Waals surface area contributed by atoms with Gasteiger partial charge in [-0.3, -0.25) is 9.59 Å². The summed E-state index contributed by atoms with van der Waals surface area (Å²) in [7, 11) is 3.09. The van der Waals surface area contributed by atoms with E-state index in [1.165, 1.54) is 35.2 Å². The highest BCUT2D eigenvalue weighted by molar-refractivity contribution is 7.12. The summed E-state index contributed by atoms with van der Waals surface area (Å²) < 4.78 is 25.0. The van der Waals surface area contributed by atoms with Gasteiger partial charge in [0.1, 0.15) is 18.1 Å². The molecule has 0 N–H and O–H groups in total. The Bertz CT molecular complexity index is 1210. The van der Waals surface area contributed by atoms with Crippen molar-refractivity contribution in [3.05, 3.63) is 87.9 Å². The van der Waals surface area contributed by atoms with E-state index in [0.29, 0.717) is 12.2 Å². The second-order valence-corrected chi connectivity index (χ2v) is 8.87. The summed E-state index contributed by atoms with van der Waals surface area (Å²) >= 11 is 1.55. The number of halogens is 1. The number of benzene rings is 2. The third kappa shape index (κ3) is 5.41. The molecule has 7 nitrogen and oxygen atoms in total. The van der Waals surface area contributed by atoms with Crippen LogP contribution in [0.4, 0.5) is 4.39 Å². The van der Waals surface area contributed by atoms with Crippen molar-refractivity contribution in [2.45, 2.75) is 12.5 Å². The molecule has 0 saturated heterocycles. The molecule has 182 valence electrons. The van der Waals surface area contributed by atoms with E-state index in [2.05, 4.69) is 5.10 Å². The SMILES string of the molecule is COCCN(CC(=O)N1N=C(c2cccs2)C[C@H]1c1ccccc1OC)C(=O)c1ccccc1F. The van der Waals surface area contributed by atoms with Crippen molar-refractivity contribution in [1.82, 2.24) is 9.91 Å². The number of nitrogens with zero attached hydrogens (tertiary/aromatic N) is 3. The summed E-state index contributed by atoms with van der Waals surface area (Å²) in [6.45, 7) is 0.0561. The Morgan fingerprint density at radius 1 is 1.11 bits per heavy atom. The predicted molar refractivity (Wildman–Crippen MR) is 132 cm³/mol. The highest BCUT2D eigenvalue weighted by atomic mass is 32.1. The Morgan fingerprint density at radius 2 is 1.89 bits per heavy atom. The maximum Gasteiger partial charge on any atom is 0.262 e.